The number of amides is 1. The van der Waals surface area contributed by atoms with Gasteiger partial charge in [-0.25, -0.2) is 0 Å². The minimum absolute atomic E-state index is 0.0236. The monoisotopic (exact) mass is 433 g/mol. The third-order valence-electron chi connectivity index (χ3n) is 3.51. The van der Waals surface area contributed by atoms with E-state index in [9.17, 15) is 24.0 Å². The molecule has 0 bridgehead atoms. The minimum Gasteiger partial charge on any atom is -0.480 e. The van der Waals surface area contributed by atoms with Crippen molar-refractivity contribution in [2.45, 2.75) is 13.8 Å². The van der Waals surface area contributed by atoms with Crippen molar-refractivity contribution in [2.75, 3.05) is 72.2 Å². The number of hydrogen-bond donors (Lipinski definition) is 3. The first-order valence-electron chi connectivity index (χ1n) is 9.39. The number of rotatable bonds is 19. The molecule has 172 valence electrons. The Morgan fingerprint density at radius 1 is 0.733 bits per heavy atom. The van der Waals surface area contributed by atoms with Crippen molar-refractivity contribution in [3.8, 4) is 0 Å². The van der Waals surface area contributed by atoms with Crippen molar-refractivity contribution < 1.29 is 43.7 Å². The van der Waals surface area contributed by atoms with Crippen LogP contribution in [-0.2, 0) is 33.4 Å². The topological polar surface area (TPSA) is 163 Å². The molecule has 0 heterocycles. The summed E-state index contributed by atoms with van der Waals surface area (Å²) in [5.74, 6) is -2.95. The van der Waals surface area contributed by atoms with E-state index in [2.05, 4.69) is 5.32 Å². The van der Waals surface area contributed by atoms with Gasteiger partial charge in [-0.05, 0) is 13.8 Å². The lowest BCUT2D eigenvalue weighted by Crippen LogP contribution is -2.45. The van der Waals surface area contributed by atoms with Gasteiger partial charge < -0.3 is 25.0 Å². The van der Waals surface area contributed by atoms with E-state index in [1.807, 2.05) is 0 Å². The second kappa shape index (κ2) is 16.4. The molecule has 0 spiro atoms. The van der Waals surface area contributed by atoms with Gasteiger partial charge in [-0.1, -0.05) is 0 Å². The molecule has 1 amide bonds. The Hall–Kier alpha value is -2.41. The van der Waals surface area contributed by atoms with Crippen LogP contribution in [-0.4, -0.2) is 122 Å². The summed E-state index contributed by atoms with van der Waals surface area (Å²) in [6.45, 7) is 2.90. The molecule has 0 aromatic heterocycles. The van der Waals surface area contributed by atoms with Crippen molar-refractivity contribution in [1.82, 2.24) is 15.1 Å². The smallest absolute Gasteiger partial charge is 0.317 e. The van der Waals surface area contributed by atoms with Crippen LogP contribution >= 0.6 is 0 Å². The summed E-state index contributed by atoms with van der Waals surface area (Å²) in [6, 6.07) is 0. The van der Waals surface area contributed by atoms with Gasteiger partial charge in [0.2, 0.25) is 5.91 Å². The van der Waals surface area contributed by atoms with Crippen LogP contribution in [0, 0.1) is 0 Å². The van der Waals surface area contributed by atoms with Gasteiger partial charge >= 0.3 is 11.9 Å². The van der Waals surface area contributed by atoms with Crippen LogP contribution in [0.5, 0.6) is 0 Å². The maximum atomic E-state index is 12.0. The summed E-state index contributed by atoms with van der Waals surface area (Å²) in [5, 5.41) is 20.5. The van der Waals surface area contributed by atoms with E-state index in [1.165, 1.54) is 23.6 Å². The maximum absolute atomic E-state index is 12.0. The van der Waals surface area contributed by atoms with Gasteiger partial charge in [0.25, 0.3) is 0 Å². The van der Waals surface area contributed by atoms with Gasteiger partial charge in [0.05, 0.1) is 46.0 Å². The van der Waals surface area contributed by atoms with Crippen LogP contribution in [0.15, 0.2) is 0 Å². The lowest BCUT2D eigenvalue weighted by atomic mass is 10.3. The van der Waals surface area contributed by atoms with Crippen LogP contribution in [0.25, 0.3) is 0 Å². The Balaban J connectivity index is 4.28. The van der Waals surface area contributed by atoms with Crippen LogP contribution in [0.2, 0.25) is 0 Å². The van der Waals surface area contributed by atoms with Crippen molar-refractivity contribution in [3.05, 3.63) is 0 Å². The van der Waals surface area contributed by atoms with Gasteiger partial charge in [0.15, 0.2) is 5.78 Å². The number of aliphatic carboxylic acids is 2. The molecule has 0 unspecified atom stereocenters. The number of nitrogens with zero attached hydrogens (tertiary/aromatic N) is 2. The van der Waals surface area contributed by atoms with Crippen LogP contribution in [0.4, 0.5) is 0 Å². The summed E-state index contributed by atoms with van der Waals surface area (Å²) in [4.78, 5) is 58.6. The Labute approximate surface area is 175 Å². The molecule has 0 aliphatic heterocycles. The highest BCUT2D eigenvalue weighted by Crippen LogP contribution is 1.95. The fourth-order valence-corrected chi connectivity index (χ4v) is 2.37. The SMILES string of the molecule is CC(=O)COCCOCCNC(=O)CN(CCN(CC(C)=O)CC(=O)O)CC(=O)O. The fourth-order valence-electron chi connectivity index (χ4n) is 2.37. The molecule has 30 heavy (non-hydrogen) atoms. The molecule has 12 heteroatoms. The quantitative estimate of drug-likeness (QED) is 0.195. The van der Waals surface area contributed by atoms with Crippen molar-refractivity contribution in [3.63, 3.8) is 0 Å². The van der Waals surface area contributed by atoms with E-state index in [0.29, 0.717) is 0 Å². The number of nitrogens with one attached hydrogen (secondary N) is 1. The van der Waals surface area contributed by atoms with Gasteiger partial charge in [-0.15, -0.1) is 0 Å². The van der Waals surface area contributed by atoms with Gasteiger partial charge in [0.1, 0.15) is 12.4 Å². The van der Waals surface area contributed by atoms with E-state index in [1.54, 1.807) is 0 Å². The van der Waals surface area contributed by atoms with E-state index >= 15 is 0 Å². The highest BCUT2D eigenvalue weighted by atomic mass is 16.5. The van der Waals surface area contributed by atoms with Gasteiger partial charge in [-0.2, -0.15) is 0 Å². The van der Waals surface area contributed by atoms with E-state index in [0.717, 1.165) is 0 Å². The Bertz CT molecular complexity index is 567. The summed E-state index contributed by atoms with van der Waals surface area (Å²) in [6.07, 6.45) is 0. The standard InChI is InChI=1S/C18H31N3O9/c1-14(22)9-20(11-17(25)26)4-5-21(12-18(27)28)10-16(24)19-3-6-29-7-8-30-13-15(2)23/h3-13H2,1-2H3,(H,19,24)(H,25,26)(H,27,28). The Kier molecular flexibility index (Phi) is 15.1. The van der Waals surface area contributed by atoms with Gasteiger partial charge in [-0.3, -0.25) is 33.8 Å². The zero-order valence-corrected chi connectivity index (χ0v) is 17.4. The maximum Gasteiger partial charge on any atom is 0.317 e. The molecular weight excluding hydrogens is 402 g/mol. The number of carbonyl (C=O) groups excluding carboxylic acids is 3. The fraction of sp³-hybridized carbons (Fsp3) is 0.722. The molecule has 0 atom stereocenters. The number of Topliss-reactive ketones (excluding diaryl/α,β-unsaturated/α-hetero) is 2. The molecular formula is C18H31N3O9. The molecule has 12 nitrogen and oxygen atoms in total. The summed E-state index contributed by atoms with van der Waals surface area (Å²) < 4.78 is 10.3. The Morgan fingerprint density at radius 2 is 1.27 bits per heavy atom. The lowest BCUT2D eigenvalue weighted by molar-refractivity contribution is -0.141. The average molecular weight is 433 g/mol. The Morgan fingerprint density at radius 3 is 1.77 bits per heavy atom. The van der Waals surface area contributed by atoms with Crippen LogP contribution in [0.1, 0.15) is 13.8 Å². The highest BCUT2D eigenvalue weighted by Gasteiger charge is 2.17. The summed E-state index contributed by atoms with van der Waals surface area (Å²) in [7, 11) is 0. The molecule has 0 saturated heterocycles. The molecule has 0 rings (SSSR count). The second-order valence-corrected chi connectivity index (χ2v) is 6.63. The molecule has 0 aromatic rings. The highest BCUT2D eigenvalue weighted by molar-refractivity contribution is 5.79. The first-order valence-corrected chi connectivity index (χ1v) is 9.39. The van der Waals surface area contributed by atoms with E-state index in [4.69, 9.17) is 19.7 Å². The lowest BCUT2D eigenvalue weighted by Gasteiger charge is -2.24. The number of hydrogen-bond acceptors (Lipinski definition) is 9. The molecule has 0 aliphatic rings. The third-order valence-corrected chi connectivity index (χ3v) is 3.51. The number of carbonyl (C=O) groups is 5. The number of ether oxygens (including phenoxy) is 2. The predicted molar refractivity (Wildman–Crippen MR) is 104 cm³/mol. The zero-order valence-electron chi connectivity index (χ0n) is 17.4. The molecule has 3 N–H and O–H groups in total. The first-order chi connectivity index (χ1) is 14.1. The summed E-state index contributed by atoms with van der Waals surface area (Å²) in [5.41, 5.74) is 0. The van der Waals surface area contributed by atoms with Crippen LogP contribution < -0.4 is 5.32 Å². The molecule has 0 aliphatic carbocycles. The number of carboxylic acid groups (broad SMARTS) is 2. The normalized spacial score (nSPS) is 10.9. The molecule has 0 fully saturated rings. The van der Waals surface area contributed by atoms with E-state index < -0.39 is 24.4 Å². The van der Waals surface area contributed by atoms with E-state index in [-0.39, 0.29) is 77.3 Å². The number of ketones is 2. The zero-order chi connectivity index (χ0) is 22.9. The predicted octanol–water partition coefficient (Wildman–Crippen LogP) is -1.91. The van der Waals surface area contributed by atoms with Crippen molar-refractivity contribution in [2.24, 2.45) is 0 Å². The molecule has 0 saturated carbocycles. The second-order valence-electron chi connectivity index (χ2n) is 6.63. The number of carboxylic acids is 2. The van der Waals surface area contributed by atoms with Gasteiger partial charge in [0, 0.05) is 19.6 Å². The molecule has 0 radical (unpaired) electrons. The summed E-state index contributed by atoms with van der Waals surface area (Å²) >= 11 is 0. The van der Waals surface area contributed by atoms with Crippen molar-refractivity contribution in [1.29, 1.82) is 0 Å². The first kappa shape index (κ1) is 27.6. The largest absolute Gasteiger partial charge is 0.480 e. The third kappa shape index (κ3) is 17.7. The van der Waals surface area contributed by atoms with Crippen molar-refractivity contribution >= 4 is 29.4 Å². The molecule has 0 aromatic carbocycles. The minimum atomic E-state index is -1.13. The average Bonchev–Trinajstić information content (AvgIpc) is 2.60. The van der Waals surface area contributed by atoms with Crippen LogP contribution in [0.3, 0.4) is 0 Å².